The molecule has 0 aliphatic heterocycles. The zero-order chi connectivity index (χ0) is 14.7. The van der Waals surface area contributed by atoms with Crippen LogP contribution in [0.4, 0.5) is 5.69 Å². The maximum absolute atomic E-state index is 10.7. The van der Waals surface area contributed by atoms with Crippen molar-refractivity contribution in [2.75, 3.05) is 0 Å². The molecule has 0 saturated heterocycles. The first-order valence-corrected chi connectivity index (χ1v) is 6.18. The number of non-ortho nitro benzene ring substituents is 1. The number of aliphatic hydroxyl groups excluding tert-OH is 1. The molecule has 0 aliphatic rings. The van der Waals surface area contributed by atoms with Crippen LogP contribution in [0.2, 0.25) is 0 Å². The Morgan fingerprint density at radius 2 is 1.85 bits per heavy atom. The van der Waals surface area contributed by atoms with Crippen molar-refractivity contribution in [3.8, 4) is 11.5 Å². The van der Waals surface area contributed by atoms with E-state index in [1.807, 2.05) is 0 Å². The van der Waals surface area contributed by atoms with E-state index in [-0.39, 0.29) is 5.69 Å². The molecule has 2 aromatic carbocycles. The molecule has 0 radical (unpaired) electrons. The van der Waals surface area contributed by atoms with Crippen LogP contribution in [0.5, 0.6) is 11.5 Å². The smallest absolute Gasteiger partial charge is 0.269 e. The minimum atomic E-state index is -0.523. The lowest BCUT2D eigenvalue weighted by Crippen LogP contribution is -1.93. The van der Waals surface area contributed by atoms with Gasteiger partial charge in [0, 0.05) is 12.1 Å². The Morgan fingerprint density at radius 1 is 1.20 bits per heavy atom. The molecule has 0 fully saturated rings. The molecule has 1 N–H and O–H groups in total. The molecule has 5 heteroatoms. The lowest BCUT2D eigenvalue weighted by atomic mass is 10.1. The van der Waals surface area contributed by atoms with E-state index in [0.29, 0.717) is 17.1 Å². The van der Waals surface area contributed by atoms with E-state index in [0.717, 1.165) is 5.56 Å². The summed E-state index contributed by atoms with van der Waals surface area (Å²) in [5, 5.41) is 20.1. The van der Waals surface area contributed by atoms with Gasteiger partial charge in [-0.05, 0) is 43.2 Å². The molecule has 0 heterocycles. The van der Waals surface area contributed by atoms with Crippen molar-refractivity contribution in [2.45, 2.75) is 20.0 Å². The zero-order valence-corrected chi connectivity index (χ0v) is 11.2. The number of nitrogens with zero attached hydrogens (tertiary/aromatic N) is 1. The number of aliphatic hydroxyl groups is 1. The van der Waals surface area contributed by atoms with Crippen LogP contribution in [0.3, 0.4) is 0 Å². The number of benzene rings is 2. The van der Waals surface area contributed by atoms with Gasteiger partial charge in [0.2, 0.25) is 0 Å². The third kappa shape index (κ3) is 3.13. The lowest BCUT2D eigenvalue weighted by Gasteiger charge is -2.10. The lowest BCUT2D eigenvalue weighted by molar-refractivity contribution is -0.384. The highest BCUT2D eigenvalue weighted by Gasteiger charge is 2.09. The van der Waals surface area contributed by atoms with Crippen molar-refractivity contribution in [1.29, 1.82) is 0 Å². The molecule has 0 saturated carbocycles. The predicted molar refractivity (Wildman–Crippen MR) is 75.0 cm³/mol. The van der Waals surface area contributed by atoms with Crippen LogP contribution in [0.15, 0.2) is 42.5 Å². The van der Waals surface area contributed by atoms with Crippen LogP contribution in [0.1, 0.15) is 24.2 Å². The average molecular weight is 273 g/mol. The van der Waals surface area contributed by atoms with Crippen LogP contribution < -0.4 is 4.74 Å². The second-order valence-corrected chi connectivity index (χ2v) is 4.55. The third-order valence-corrected chi connectivity index (χ3v) is 2.96. The van der Waals surface area contributed by atoms with Crippen LogP contribution in [0.25, 0.3) is 0 Å². The van der Waals surface area contributed by atoms with Gasteiger partial charge in [-0.2, -0.15) is 0 Å². The normalized spacial score (nSPS) is 11.9. The molecule has 0 bridgehead atoms. The van der Waals surface area contributed by atoms with Crippen LogP contribution >= 0.6 is 0 Å². The molecule has 0 aliphatic carbocycles. The highest BCUT2D eigenvalue weighted by atomic mass is 16.6. The standard InChI is InChI=1S/C15H15NO4/c1-10-9-13(16(18)19)5-8-15(10)20-14-6-3-12(4-7-14)11(2)17/h3-9,11,17H,1-2H3/t11-/m1/s1. The summed E-state index contributed by atoms with van der Waals surface area (Å²) < 4.78 is 5.67. The number of nitro groups is 1. The quantitative estimate of drug-likeness (QED) is 0.680. The summed E-state index contributed by atoms with van der Waals surface area (Å²) in [5.41, 5.74) is 1.54. The summed E-state index contributed by atoms with van der Waals surface area (Å²) in [6.45, 7) is 3.45. The number of ether oxygens (including phenoxy) is 1. The Morgan fingerprint density at radius 3 is 2.35 bits per heavy atom. The Balaban J connectivity index is 2.19. The Hall–Kier alpha value is -2.40. The molecule has 104 valence electrons. The Kier molecular flexibility index (Phi) is 4.00. The third-order valence-electron chi connectivity index (χ3n) is 2.96. The van der Waals surface area contributed by atoms with E-state index >= 15 is 0 Å². The summed E-state index contributed by atoms with van der Waals surface area (Å²) in [7, 11) is 0. The van der Waals surface area contributed by atoms with Gasteiger partial charge < -0.3 is 9.84 Å². The highest BCUT2D eigenvalue weighted by molar-refractivity contribution is 5.45. The van der Waals surface area contributed by atoms with Gasteiger partial charge in [0.1, 0.15) is 11.5 Å². The summed E-state index contributed by atoms with van der Waals surface area (Å²) in [4.78, 5) is 10.2. The van der Waals surface area contributed by atoms with E-state index in [4.69, 9.17) is 4.74 Å². The fourth-order valence-electron chi connectivity index (χ4n) is 1.80. The predicted octanol–water partition coefficient (Wildman–Crippen LogP) is 3.75. The molecule has 2 aromatic rings. The van der Waals surface area contributed by atoms with Gasteiger partial charge in [0.25, 0.3) is 5.69 Å². The number of hydrogen-bond acceptors (Lipinski definition) is 4. The first-order valence-electron chi connectivity index (χ1n) is 6.18. The SMILES string of the molecule is Cc1cc([N+](=O)[O-])ccc1Oc1ccc([C@@H](C)O)cc1. The van der Waals surface area contributed by atoms with E-state index in [9.17, 15) is 15.2 Å². The van der Waals surface area contributed by atoms with Gasteiger partial charge in [0.05, 0.1) is 11.0 Å². The number of hydrogen-bond donors (Lipinski definition) is 1. The molecule has 1 atom stereocenters. The van der Waals surface area contributed by atoms with Crippen molar-refractivity contribution in [1.82, 2.24) is 0 Å². The Bertz CT molecular complexity index is 620. The van der Waals surface area contributed by atoms with Crippen LogP contribution in [-0.4, -0.2) is 10.0 Å². The van der Waals surface area contributed by atoms with E-state index < -0.39 is 11.0 Å². The first kappa shape index (κ1) is 14.0. The minimum absolute atomic E-state index is 0.0410. The topological polar surface area (TPSA) is 72.6 Å². The van der Waals surface area contributed by atoms with Crippen molar-refractivity contribution < 1.29 is 14.8 Å². The first-order chi connectivity index (χ1) is 9.47. The molecule has 0 spiro atoms. The number of rotatable bonds is 4. The molecule has 0 amide bonds. The fraction of sp³-hybridized carbons (Fsp3) is 0.200. The summed E-state index contributed by atoms with van der Waals surface area (Å²) in [6.07, 6.45) is -0.523. The van der Waals surface area contributed by atoms with Crippen molar-refractivity contribution in [3.05, 3.63) is 63.7 Å². The molecule has 0 aromatic heterocycles. The monoisotopic (exact) mass is 273 g/mol. The molecule has 0 unspecified atom stereocenters. The van der Waals surface area contributed by atoms with Gasteiger partial charge >= 0.3 is 0 Å². The van der Waals surface area contributed by atoms with E-state index in [1.54, 1.807) is 44.2 Å². The van der Waals surface area contributed by atoms with Crippen LogP contribution in [-0.2, 0) is 0 Å². The van der Waals surface area contributed by atoms with E-state index in [2.05, 4.69) is 0 Å². The summed E-state index contributed by atoms with van der Waals surface area (Å²) in [6, 6.07) is 11.5. The zero-order valence-electron chi connectivity index (χ0n) is 11.2. The van der Waals surface area contributed by atoms with Gasteiger partial charge in [-0.25, -0.2) is 0 Å². The van der Waals surface area contributed by atoms with Gasteiger partial charge in [0.15, 0.2) is 0 Å². The van der Waals surface area contributed by atoms with Gasteiger partial charge in [-0.15, -0.1) is 0 Å². The largest absolute Gasteiger partial charge is 0.457 e. The van der Waals surface area contributed by atoms with Crippen molar-refractivity contribution >= 4 is 5.69 Å². The summed E-state index contributed by atoms with van der Waals surface area (Å²) in [5.74, 6) is 1.19. The molecule has 5 nitrogen and oxygen atoms in total. The molecular formula is C15H15NO4. The van der Waals surface area contributed by atoms with E-state index in [1.165, 1.54) is 12.1 Å². The fourth-order valence-corrected chi connectivity index (χ4v) is 1.80. The van der Waals surface area contributed by atoms with Crippen molar-refractivity contribution in [2.24, 2.45) is 0 Å². The average Bonchev–Trinajstić information content (AvgIpc) is 2.41. The minimum Gasteiger partial charge on any atom is -0.457 e. The maximum Gasteiger partial charge on any atom is 0.269 e. The molecular weight excluding hydrogens is 258 g/mol. The number of nitro benzene ring substituents is 1. The second-order valence-electron chi connectivity index (χ2n) is 4.55. The highest BCUT2D eigenvalue weighted by Crippen LogP contribution is 2.28. The molecule has 2 rings (SSSR count). The van der Waals surface area contributed by atoms with Gasteiger partial charge in [-0.1, -0.05) is 12.1 Å². The molecule has 20 heavy (non-hydrogen) atoms. The maximum atomic E-state index is 10.7. The summed E-state index contributed by atoms with van der Waals surface area (Å²) >= 11 is 0. The number of aryl methyl sites for hydroxylation is 1. The van der Waals surface area contributed by atoms with Crippen LogP contribution in [0, 0.1) is 17.0 Å². The second kappa shape index (κ2) is 5.71. The van der Waals surface area contributed by atoms with Crippen molar-refractivity contribution in [3.63, 3.8) is 0 Å². The Labute approximate surface area is 116 Å². The van der Waals surface area contributed by atoms with Gasteiger partial charge in [-0.3, -0.25) is 10.1 Å².